The summed E-state index contributed by atoms with van der Waals surface area (Å²) in [5.41, 5.74) is -0.228. The van der Waals surface area contributed by atoms with Gasteiger partial charge in [0.25, 0.3) is 5.91 Å². The van der Waals surface area contributed by atoms with Crippen molar-refractivity contribution in [2.24, 2.45) is 7.05 Å². The first kappa shape index (κ1) is 26.0. The molecule has 2 aromatic heterocycles. The van der Waals surface area contributed by atoms with Crippen LogP contribution in [0.15, 0.2) is 28.7 Å². The van der Waals surface area contributed by atoms with E-state index in [1.807, 2.05) is 0 Å². The number of hydrogen-bond donors (Lipinski definition) is 2. The van der Waals surface area contributed by atoms with Gasteiger partial charge in [0.2, 0.25) is 5.89 Å². The zero-order chi connectivity index (χ0) is 26.1. The zero-order valence-electron chi connectivity index (χ0n) is 18.7. The first-order valence-corrected chi connectivity index (χ1v) is 13.0. The number of alkyl halides is 6. The van der Waals surface area contributed by atoms with Gasteiger partial charge >= 0.3 is 18.6 Å². The van der Waals surface area contributed by atoms with Gasteiger partial charge < -0.3 is 24.0 Å². The SMILES string of the molecule is Cn1c(C(=O)N[Si@H]2CC[C@H](c3nnc(OCCOC(F)(F)F)o3)NC2)cc2ccc(C(F)(F)F)cc21. The molecule has 2 atom stereocenters. The summed E-state index contributed by atoms with van der Waals surface area (Å²) in [6.45, 7) is -1.15. The van der Waals surface area contributed by atoms with Crippen LogP contribution in [0.25, 0.3) is 10.9 Å². The summed E-state index contributed by atoms with van der Waals surface area (Å²) in [5.74, 6) is -0.164. The van der Waals surface area contributed by atoms with E-state index in [2.05, 4.69) is 25.2 Å². The average Bonchev–Trinajstić information content (AvgIpc) is 3.40. The van der Waals surface area contributed by atoms with Gasteiger partial charge in [-0.15, -0.1) is 18.3 Å². The molecule has 0 bridgehead atoms. The van der Waals surface area contributed by atoms with Crippen LogP contribution >= 0.6 is 0 Å². The second-order valence-corrected chi connectivity index (χ2v) is 10.8. The molecule has 0 spiro atoms. The Morgan fingerprint density at radius 2 is 2.00 bits per heavy atom. The van der Waals surface area contributed by atoms with E-state index >= 15 is 0 Å². The Balaban J connectivity index is 1.30. The summed E-state index contributed by atoms with van der Waals surface area (Å²) in [6, 6.07) is 5.24. The highest BCUT2D eigenvalue weighted by molar-refractivity contribution is 6.60. The number of amides is 1. The minimum Gasteiger partial charge on any atom is -0.447 e. The number of carbonyl (C=O) groups is 1. The summed E-state index contributed by atoms with van der Waals surface area (Å²) in [6.07, 6.45) is -8.48. The Morgan fingerprint density at radius 3 is 2.67 bits per heavy atom. The summed E-state index contributed by atoms with van der Waals surface area (Å²) in [7, 11) is -0.259. The number of hydrogen-bond acceptors (Lipinski definition) is 7. The largest absolute Gasteiger partial charge is 0.522 e. The lowest BCUT2D eigenvalue weighted by Gasteiger charge is -2.27. The molecule has 3 aromatic rings. The minimum absolute atomic E-state index is 0.203. The maximum absolute atomic E-state index is 13.0. The summed E-state index contributed by atoms with van der Waals surface area (Å²) >= 11 is 0. The van der Waals surface area contributed by atoms with Crippen LogP contribution in [0.4, 0.5) is 26.3 Å². The molecule has 36 heavy (non-hydrogen) atoms. The van der Waals surface area contributed by atoms with Crippen molar-refractivity contribution in [2.75, 3.05) is 19.4 Å². The number of rotatable bonds is 7. The standard InChI is InChI=1S/C20H21F6N5O4Si/c1-31-14-9-12(19(21,22)23)3-2-11(14)8-15(31)16(32)30-36-7-4-13(27-10-36)17-28-29-18(35-17)33-5-6-34-20(24,25)26/h2-3,8-9,13,27,36H,4-7,10H2,1H3,(H,30,32)/t13-,36+/m1/s1. The fourth-order valence-corrected chi connectivity index (χ4v) is 6.15. The zero-order valence-corrected chi connectivity index (χ0v) is 19.9. The molecule has 0 saturated carbocycles. The van der Waals surface area contributed by atoms with Gasteiger partial charge in [-0.05, 0) is 30.7 Å². The van der Waals surface area contributed by atoms with Crippen molar-refractivity contribution in [1.82, 2.24) is 25.1 Å². The highest BCUT2D eigenvalue weighted by Gasteiger charge is 2.32. The predicted molar refractivity (Wildman–Crippen MR) is 115 cm³/mol. The van der Waals surface area contributed by atoms with Crippen LogP contribution in [0.2, 0.25) is 6.04 Å². The number of fused-ring (bicyclic) bond motifs is 1. The molecule has 2 N–H and O–H groups in total. The number of aryl methyl sites for hydroxylation is 1. The minimum atomic E-state index is -4.75. The molecule has 1 aliphatic rings. The summed E-state index contributed by atoms with van der Waals surface area (Å²) in [4.78, 5) is 15.8. The Bertz CT molecular complexity index is 1220. The van der Waals surface area contributed by atoms with Gasteiger partial charge in [0.15, 0.2) is 8.96 Å². The molecule has 4 rings (SSSR count). The van der Waals surface area contributed by atoms with E-state index in [0.29, 0.717) is 29.5 Å². The van der Waals surface area contributed by atoms with Gasteiger partial charge in [-0.25, -0.2) is 0 Å². The van der Waals surface area contributed by atoms with E-state index in [1.54, 1.807) is 13.1 Å². The number of carbonyl (C=O) groups excluding carboxylic acids is 1. The van der Waals surface area contributed by atoms with E-state index in [0.717, 1.165) is 12.1 Å². The van der Waals surface area contributed by atoms with E-state index in [9.17, 15) is 31.1 Å². The van der Waals surface area contributed by atoms with Gasteiger partial charge in [0, 0.05) is 24.1 Å². The number of nitrogens with zero attached hydrogens (tertiary/aromatic N) is 3. The van der Waals surface area contributed by atoms with Gasteiger partial charge in [-0.1, -0.05) is 11.2 Å². The molecule has 1 amide bonds. The van der Waals surface area contributed by atoms with Gasteiger partial charge in [-0.2, -0.15) is 13.2 Å². The fourth-order valence-electron chi connectivity index (χ4n) is 3.88. The second kappa shape index (κ2) is 10.1. The van der Waals surface area contributed by atoms with Crippen molar-refractivity contribution in [3.05, 3.63) is 41.4 Å². The number of benzene rings is 1. The molecule has 0 aliphatic carbocycles. The maximum Gasteiger partial charge on any atom is 0.522 e. The summed E-state index contributed by atoms with van der Waals surface area (Å²) in [5, 5.41) is 11.2. The molecule has 0 radical (unpaired) electrons. The topological polar surface area (TPSA) is 103 Å². The van der Waals surface area contributed by atoms with Crippen LogP contribution in [0.1, 0.15) is 34.4 Å². The molecule has 1 fully saturated rings. The first-order valence-electron chi connectivity index (χ1n) is 10.8. The highest BCUT2D eigenvalue weighted by Crippen LogP contribution is 2.32. The van der Waals surface area contributed by atoms with Crippen molar-refractivity contribution < 1.29 is 45.0 Å². The molecule has 196 valence electrons. The van der Waals surface area contributed by atoms with Crippen molar-refractivity contribution in [3.8, 4) is 6.08 Å². The third-order valence-electron chi connectivity index (χ3n) is 5.65. The smallest absolute Gasteiger partial charge is 0.447 e. The van der Waals surface area contributed by atoms with Crippen molar-refractivity contribution in [3.63, 3.8) is 0 Å². The van der Waals surface area contributed by atoms with E-state index in [-0.39, 0.29) is 29.6 Å². The average molecular weight is 537 g/mol. The molecule has 0 unspecified atom stereocenters. The molecule has 3 heterocycles. The van der Waals surface area contributed by atoms with Crippen molar-refractivity contribution in [1.29, 1.82) is 0 Å². The quantitative estimate of drug-likeness (QED) is 0.271. The molecule has 1 saturated heterocycles. The van der Waals surface area contributed by atoms with E-state index in [1.165, 1.54) is 10.6 Å². The van der Waals surface area contributed by atoms with Crippen LogP contribution in [-0.2, 0) is 18.0 Å². The van der Waals surface area contributed by atoms with Gasteiger partial charge in [0.1, 0.15) is 12.3 Å². The Labute approximate surface area is 201 Å². The van der Waals surface area contributed by atoms with Crippen LogP contribution in [-0.4, -0.2) is 55.4 Å². The van der Waals surface area contributed by atoms with Crippen molar-refractivity contribution in [2.45, 2.75) is 31.0 Å². The number of halogens is 6. The Morgan fingerprint density at radius 1 is 1.22 bits per heavy atom. The lowest BCUT2D eigenvalue weighted by molar-refractivity contribution is -0.325. The molecule has 1 aromatic carbocycles. The molecule has 9 nitrogen and oxygen atoms in total. The van der Waals surface area contributed by atoms with E-state index < -0.39 is 40.3 Å². The lowest BCUT2D eigenvalue weighted by atomic mass is 10.1. The predicted octanol–water partition coefficient (Wildman–Crippen LogP) is 3.22. The monoisotopic (exact) mass is 537 g/mol. The Kier molecular flexibility index (Phi) is 7.28. The lowest BCUT2D eigenvalue weighted by Crippen LogP contribution is -2.50. The molecule has 16 heteroatoms. The van der Waals surface area contributed by atoms with Crippen LogP contribution in [0, 0.1) is 0 Å². The van der Waals surface area contributed by atoms with Crippen molar-refractivity contribution >= 4 is 25.8 Å². The maximum atomic E-state index is 13.0. The number of nitrogens with one attached hydrogen (secondary N) is 2. The number of ether oxygens (including phenoxy) is 2. The van der Waals surface area contributed by atoms with Crippen LogP contribution in [0.3, 0.4) is 0 Å². The Hall–Kier alpha value is -3.11. The molecule has 1 aliphatic heterocycles. The van der Waals surface area contributed by atoms with E-state index in [4.69, 9.17) is 9.15 Å². The molecular weight excluding hydrogens is 516 g/mol. The fraction of sp³-hybridized carbons (Fsp3) is 0.450. The van der Waals surface area contributed by atoms with Crippen LogP contribution < -0.4 is 15.0 Å². The third-order valence-corrected chi connectivity index (χ3v) is 8.08. The summed E-state index contributed by atoms with van der Waals surface area (Å²) < 4.78 is 90.3. The van der Waals surface area contributed by atoms with Crippen LogP contribution in [0.5, 0.6) is 6.08 Å². The molecular formula is C20H21F6N5O4Si. The normalized spacial score (nSPS) is 19.0. The highest BCUT2D eigenvalue weighted by atomic mass is 28.3. The second-order valence-electron chi connectivity index (χ2n) is 8.12. The number of aromatic nitrogens is 3. The van der Waals surface area contributed by atoms with Gasteiger partial charge in [0.05, 0.1) is 18.2 Å². The first-order chi connectivity index (χ1) is 16.9. The third kappa shape index (κ3) is 6.17. The van der Waals surface area contributed by atoms with Gasteiger partial charge in [-0.3, -0.25) is 9.53 Å².